The number of carbonyl (C=O) groups excluding carboxylic acids is 1. The van der Waals surface area contributed by atoms with E-state index in [0.29, 0.717) is 5.82 Å². The lowest BCUT2D eigenvalue weighted by molar-refractivity contribution is -0.120. The van der Waals surface area contributed by atoms with Gasteiger partial charge in [-0.25, -0.2) is 15.0 Å². The summed E-state index contributed by atoms with van der Waals surface area (Å²) in [4.78, 5) is 27.8. The summed E-state index contributed by atoms with van der Waals surface area (Å²) in [6, 6.07) is 5.77. The molecule has 1 amide bonds. The van der Waals surface area contributed by atoms with Crippen LogP contribution in [0.2, 0.25) is 0 Å². The van der Waals surface area contributed by atoms with Gasteiger partial charge < -0.3 is 10.2 Å². The molecule has 0 saturated carbocycles. The van der Waals surface area contributed by atoms with Crippen molar-refractivity contribution in [2.45, 2.75) is 33.6 Å². The standard InChI is InChI=1S/C18H23N5O/c1-12-4-7-19-16(10-12)22-17(24)15-5-8-23(9-6-15)18-20-13(2)11-14(3)21-18/h4,7,10-11,15H,5-6,8-9H2,1-3H3,(H,19,22,24). The summed E-state index contributed by atoms with van der Waals surface area (Å²) < 4.78 is 0. The summed E-state index contributed by atoms with van der Waals surface area (Å²) in [7, 11) is 0. The summed E-state index contributed by atoms with van der Waals surface area (Å²) in [5.41, 5.74) is 3.04. The van der Waals surface area contributed by atoms with E-state index in [4.69, 9.17) is 0 Å². The number of aryl methyl sites for hydroxylation is 3. The SMILES string of the molecule is Cc1ccnc(NC(=O)C2CCN(c3nc(C)cc(C)n3)CC2)c1. The first-order valence-electron chi connectivity index (χ1n) is 8.32. The van der Waals surface area contributed by atoms with Gasteiger partial charge in [0.2, 0.25) is 11.9 Å². The number of amides is 1. The third-order valence-electron chi connectivity index (χ3n) is 4.29. The molecule has 0 spiro atoms. The molecule has 1 N–H and O–H groups in total. The highest BCUT2D eigenvalue weighted by Crippen LogP contribution is 2.22. The number of pyridine rings is 1. The summed E-state index contributed by atoms with van der Waals surface area (Å²) in [5.74, 6) is 1.45. The Kier molecular flexibility index (Phi) is 4.74. The second-order valence-electron chi connectivity index (χ2n) is 6.42. The van der Waals surface area contributed by atoms with Crippen LogP contribution in [0.1, 0.15) is 29.8 Å². The van der Waals surface area contributed by atoms with Crippen LogP contribution in [0.5, 0.6) is 0 Å². The Morgan fingerprint density at radius 1 is 1.12 bits per heavy atom. The molecule has 1 saturated heterocycles. The topological polar surface area (TPSA) is 71.0 Å². The van der Waals surface area contributed by atoms with Crippen LogP contribution in [0, 0.1) is 26.7 Å². The predicted octanol–water partition coefficient (Wildman–Crippen LogP) is 2.65. The van der Waals surface area contributed by atoms with Crippen molar-refractivity contribution in [2.24, 2.45) is 5.92 Å². The maximum Gasteiger partial charge on any atom is 0.228 e. The Morgan fingerprint density at radius 2 is 1.79 bits per heavy atom. The molecule has 2 aromatic rings. The Morgan fingerprint density at radius 3 is 2.42 bits per heavy atom. The molecule has 6 nitrogen and oxygen atoms in total. The van der Waals surface area contributed by atoms with Crippen molar-refractivity contribution in [2.75, 3.05) is 23.3 Å². The average molecular weight is 325 g/mol. The molecular weight excluding hydrogens is 302 g/mol. The molecule has 1 aliphatic heterocycles. The zero-order valence-corrected chi connectivity index (χ0v) is 14.4. The fourth-order valence-electron chi connectivity index (χ4n) is 3.02. The van der Waals surface area contributed by atoms with E-state index in [1.165, 1.54) is 0 Å². The number of nitrogens with zero attached hydrogens (tertiary/aromatic N) is 4. The lowest BCUT2D eigenvalue weighted by Crippen LogP contribution is -2.39. The van der Waals surface area contributed by atoms with Gasteiger partial charge in [0.15, 0.2) is 0 Å². The van der Waals surface area contributed by atoms with E-state index in [0.717, 1.165) is 48.8 Å². The predicted molar refractivity (Wildman–Crippen MR) is 94.0 cm³/mol. The molecule has 0 radical (unpaired) electrons. The molecule has 0 atom stereocenters. The highest BCUT2D eigenvalue weighted by molar-refractivity contribution is 5.91. The second-order valence-corrected chi connectivity index (χ2v) is 6.42. The van der Waals surface area contributed by atoms with Gasteiger partial charge in [-0.05, 0) is 57.4 Å². The van der Waals surface area contributed by atoms with Gasteiger partial charge in [-0.15, -0.1) is 0 Å². The van der Waals surface area contributed by atoms with E-state index < -0.39 is 0 Å². The van der Waals surface area contributed by atoms with Crippen LogP contribution in [0.3, 0.4) is 0 Å². The van der Waals surface area contributed by atoms with Crippen LogP contribution in [-0.4, -0.2) is 33.9 Å². The van der Waals surface area contributed by atoms with Crippen molar-refractivity contribution in [3.8, 4) is 0 Å². The largest absolute Gasteiger partial charge is 0.341 e. The fraction of sp³-hybridized carbons (Fsp3) is 0.444. The first kappa shape index (κ1) is 16.4. The number of hydrogen-bond acceptors (Lipinski definition) is 5. The average Bonchev–Trinajstić information content (AvgIpc) is 2.54. The molecule has 0 bridgehead atoms. The smallest absolute Gasteiger partial charge is 0.228 e. The highest BCUT2D eigenvalue weighted by atomic mass is 16.1. The van der Waals surface area contributed by atoms with E-state index in [1.807, 2.05) is 39.0 Å². The monoisotopic (exact) mass is 325 g/mol. The van der Waals surface area contributed by atoms with Crippen molar-refractivity contribution in [1.82, 2.24) is 15.0 Å². The third-order valence-corrected chi connectivity index (χ3v) is 4.29. The van der Waals surface area contributed by atoms with E-state index >= 15 is 0 Å². The zero-order valence-electron chi connectivity index (χ0n) is 14.4. The lowest BCUT2D eigenvalue weighted by atomic mass is 9.96. The van der Waals surface area contributed by atoms with Gasteiger partial charge in [0.1, 0.15) is 5.82 Å². The van der Waals surface area contributed by atoms with Crippen LogP contribution in [0.4, 0.5) is 11.8 Å². The Bertz CT molecular complexity index is 718. The van der Waals surface area contributed by atoms with Gasteiger partial charge in [0, 0.05) is 36.6 Å². The van der Waals surface area contributed by atoms with Crippen molar-refractivity contribution in [3.63, 3.8) is 0 Å². The Labute approximate surface area is 142 Å². The van der Waals surface area contributed by atoms with Crippen LogP contribution < -0.4 is 10.2 Å². The van der Waals surface area contributed by atoms with E-state index in [9.17, 15) is 4.79 Å². The molecule has 6 heteroatoms. The van der Waals surface area contributed by atoms with Gasteiger partial charge in [-0.1, -0.05) is 0 Å². The molecule has 0 aromatic carbocycles. The third kappa shape index (κ3) is 3.88. The van der Waals surface area contributed by atoms with Gasteiger partial charge in [-0.2, -0.15) is 0 Å². The summed E-state index contributed by atoms with van der Waals surface area (Å²) in [5, 5.41) is 2.93. The fourth-order valence-corrected chi connectivity index (χ4v) is 3.02. The molecule has 3 rings (SSSR count). The maximum atomic E-state index is 12.4. The molecule has 126 valence electrons. The van der Waals surface area contributed by atoms with Crippen molar-refractivity contribution in [3.05, 3.63) is 41.3 Å². The molecule has 1 fully saturated rings. The quantitative estimate of drug-likeness (QED) is 0.939. The van der Waals surface area contributed by atoms with Crippen molar-refractivity contribution in [1.29, 1.82) is 0 Å². The number of rotatable bonds is 3. The molecular formula is C18H23N5O. The lowest BCUT2D eigenvalue weighted by Gasteiger charge is -2.31. The molecule has 3 heterocycles. The van der Waals surface area contributed by atoms with Gasteiger partial charge in [0.25, 0.3) is 0 Å². The van der Waals surface area contributed by atoms with Gasteiger partial charge in [-0.3, -0.25) is 4.79 Å². The number of piperidine rings is 1. The van der Waals surface area contributed by atoms with Gasteiger partial charge >= 0.3 is 0 Å². The minimum absolute atomic E-state index is 0.00877. The number of aromatic nitrogens is 3. The van der Waals surface area contributed by atoms with Gasteiger partial charge in [0.05, 0.1) is 0 Å². The molecule has 0 aliphatic carbocycles. The normalized spacial score (nSPS) is 15.4. The number of nitrogens with one attached hydrogen (secondary N) is 1. The van der Waals surface area contributed by atoms with Crippen molar-refractivity contribution < 1.29 is 4.79 Å². The minimum atomic E-state index is 0.00877. The minimum Gasteiger partial charge on any atom is -0.341 e. The second kappa shape index (κ2) is 6.95. The highest BCUT2D eigenvalue weighted by Gasteiger charge is 2.26. The molecule has 24 heavy (non-hydrogen) atoms. The Hall–Kier alpha value is -2.50. The number of carbonyl (C=O) groups is 1. The van der Waals surface area contributed by atoms with E-state index in [2.05, 4.69) is 25.2 Å². The summed E-state index contributed by atoms with van der Waals surface area (Å²) in [6.45, 7) is 7.53. The zero-order chi connectivity index (χ0) is 17.1. The van der Waals surface area contributed by atoms with Crippen LogP contribution >= 0.6 is 0 Å². The maximum absolute atomic E-state index is 12.4. The Balaban J connectivity index is 1.59. The van der Waals surface area contributed by atoms with E-state index in [1.54, 1.807) is 6.20 Å². The molecule has 0 unspecified atom stereocenters. The first-order chi connectivity index (χ1) is 11.5. The number of anilines is 2. The van der Waals surface area contributed by atoms with Crippen molar-refractivity contribution >= 4 is 17.7 Å². The molecule has 2 aromatic heterocycles. The summed E-state index contributed by atoms with van der Waals surface area (Å²) in [6.07, 6.45) is 3.31. The summed E-state index contributed by atoms with van der Waals surface area (Å²) >= 11 is 0. The van der Waals surface area contributed by atoms with Crippen LogP contribution in [0.15, 0.2) is 24.4 Å². The molecule has 1 aliphatic rings. The first-order valence-corrected chi connectivity index (χ1v) is 8.32. The van der Waals surface area contributed by atoms with Crippen LogP contribution in [-0.2, 0) is 4.79 Å². The number of hydrogen-bond donors (Lipinski definition) is 1. The van der Waals surface area contributed by atoms with Crippen LogP contribution in [0.25, 0.3) is 0 Å². The van der Waals surface area contributed by atoms with E-state index in [-0.39, 0.29) is 11.8 Å².